The van der Waals surface area contributed by atoms with Gasteiger partial charge in [0.25, 0.3) is 0 Å². The minimum Gasteiger partial charge on any atom is -0.371 e. The number of benzene rings is 1. The molecule has 4 rings (SSSR count). The van der Waals surface area contributed by atoms with Crippen LogP contribution in [0.15, 0.2) is 68.6 Å². The van der Waals surface area contributed by atoms with E-state index in [1.165, 1.54) is 64.0 Å². The smallest absolute Gasteiger partial charge is 0.0686 e. The fraction of sp³-hybridized carbons (Fsp3) is 0.500. The molecule has 0 aliphatic carbocycles. The minimum atomic E-state index is 0.214. The Kier molecular flexibility index (Phi) is 8.46. The Morgan fingerprint density at radius 3 is 2.58 bits per heavy atom. The van der Waals surface area contributed by atoms with Crippen molar-refractivity contribution in [2.45, 2.75) is 57.4 Å². The molecule has 1 atom stereocenters. The molecular formula is C32H46N4. The number of anilines is 1. The molecule has 1 unspecified atom stereocenters. The van der Waals surface area contributed by atoms with E-state index in [2.05, 4.69) is 78.2 Å². The molecule has 1 aromatic carbocycles. The summed E-state index contributed by atoms with van der Waals surface area (Å²) >= 11 is 0. The molecule has 0 radical (unpaired) electrons. The number of allylic oxidation sites excluding steroid dienone is 2. The highest BCUT2D eigenvalue weighted by molar-refractivity contribution is 5.75. The van der Waals surface area contributed by atoms with E-state index in [4.69, 9.17) is 0 Å². The largest absolute Gasteiger partial charge is 0.371 e. The molecule has 3 saturated heterocycles. The summed E-state index contributed by atoms with van der Waals surface area (Å²) in [6.07, 6.45) is 13.6. The van der Waals surface area contributed by atoms with Gasteiger partial charge in [0.1, 0.15) is 0 Å². The van der Waals surface area contributed by atoms with Crippen LogP contribution in [-0.4, -0.2) is 55.6 Å². The van der Waals surface area contributed by atoms with Gasteiger partial charge in [0.15, 0.2) is 0 Å². The second kappa shape index (κ2) is 11.6. The van der Waals surface area contributed by atoms with Gasteiger partial charge in [-0.2, -0.15) is 0 Å². The van der Waals surface area contributed by atoms with E-state index in [0.29, 0.717) is 5.41 Å². The van der Waals surface area contributed by atoms with Gasteiger partial charge in [-0.25, -0.2) is 0 Å². The lowest BCUT2D eigenvalue weighted by atomic mass is 9.77. The van der Waals surface area contributed by atoms with Gasteiger partial charge in [0.05, 0.1) is 6.04 Å². The Hall–Kier alpha value is -2.72. The van der Waals surface area contributed by atoms with Crippen molar-refractivity contribution >= 4 is 17.5 Å². The molecule has 4 nitrogen and oxygen atoms in total. The quantitative estimate of drug-likeness (QED) is 0.295. The molecule has 3 aliphatic rings. The topological polar surface area (TPSA) is 21.8 Å². The Morgan fingerprint density at radius 2 is 1.89 bits per heavy atom. The van der Waals surface area contributed by atoms with E-state index in [1.54, 1.807) is 0 Å². The van der Waals surface area contributed by atoms with Gasteiger partial charge < -0.3 is 20.0 Å². The third kappa shape index (κ3) is 5.81. The average molecular weight is 487 g/mol. The molecule has 3 aliphatic heterocycles. The average Bonchev–Trinajstić information content (AvgIpc) is 3.30. The van der Waals surface area contributed by atoms with Crippen LogP contribution in [0.3, 0.4) is 0 Å². The van der Waals surface area contributed by atoms with Crippen LogP contribution in [0.2, 0.25) is 0 Å². The lowest BCUT2D eigenvalue weighted by molar-refractivity contribution is 0.119. The number of likely N-dealkylation sites (tertiary alicyclic amines) is 1. The van der Waals surface area contributed by atoms with E-state index in [1.807, 2.05) is 12.2 Å². The first-order chi connectivity index (χ1) is 17.4. The van der Waals surface area contributed by atoms with Crippen LogP contribution in [0.25, 0.3) is 11.8 Å². The predicted octanol–water partition coefficient (Wildman–Crippen LogP) is 6.66. The van der Waals surface area contributed by atoms with Gasteiger partial charge in [-0.1, -0.05) is 44.5 Å². The first kappa shape index (κ1) is 26.3. The van der Waals surface area contributed by atoms with Crippen LogP contribution in [0.5, 0.6) is 0 Å². The number of piperidine rings is 2. The molecule has 194 valence electrons. The van der Waals surface area contributed by atoms with Crippen LogP contribution in [0.4, 0.5) is 5.69 Å². The molecule has 0 amide bonds. The van der Waals surface area contributed by atoms with Crippen LogP contribution >= 0.6 is 0 Å². The zero-order valence-electron chi connectivity index (χ0n) is 22.5. The maximum atomic E-state index is 4.46. The predicted molar refractivity (Wildman–Crippen MR) is 157 cm³/mol. The lowest BCUT2D eigenvalue weighted by Gasteiger charge is -2.39. The number of nitrogens with zero attached hydrogens (tertiary/aromatic N) is 3. The molecule has 3 fully saturated rings. The summed E-state index contributed by atoms with van der Waals surface area (Å²) < 4.78 is 0. The summed E-state index contributed by atoms with van der Waals surface area (Å²) in [5.74, 6) is 0. The number of rotatable bonds is 10. The Balaban J connectivity index is 1.37. The normalized spacial score (nSPS) is 21.9. The third-order valence-corrected chi connectivity index (χ3v) is 8.77. The Bertz CT molecular complexity index is 997. The molecule has 1 N–H and O–H groups in total. The maximum absolute atomic E-state index is 4.46. The van der Waals surface area contributed by atoms with Gasteiger partial charge in [0, 0.05) is 48.5 Å². The van der Waals surface area contributed by atoms with Crippen molar-refractivity contribution in [3.63, 3.8) is 0 Å². The van der Waals surface area contributed by atoms with Crippen LogP contribution < -0.4 is 10.2 Å². The van der Waals surface area contributed by atoms with Crippen molar-refractivity contribution in [1.82, 2.24) is 15.1 Å². The highest BCUT2D eigenvalue weighted by Crippen LogP contribution is 2.42. The molecule has 1 aromatic rings. The van der Waals surface area contributed by atoms with E-state index >= 15 is 0 Å². The van der Waals surface area contributed by atoms with Crippen LogP contribution in [-0.2, 0) is 0 Å². The molecule has 4 heteroatoms. The first-order valence-corrected chi connectivity index (χ1v) is 13.8. The summed E-state index contributed by atoms with van der Waals surface area (Å²) in [6.45, 7) is 26.8. The number of hydrogen-bond donors (Lipinski definition) is 1. The molecule has 1 spiro atoms. The minimum absolute atomic E-state index is 0.214. The number of unbranched alkanes of at least 4 members (excludes halogenated alkanes) is 2. The second-order valence-electron chi connectivity index (χ2n) is 11.1. The van der Waals surface area contributed by atoms with Gasteiger partial charge >= 0.3 is 0 Å². The molecular weight excluding hydrogens is 440 g/mol. The number of nitrogens with one attached hydrogen (secondary N) is 1. The van der Waals surface area contributed by atoms with E-state index in [0.717, 1.165) is 54.0 Å². The van der Waals surface area contributed by atoms with E-state index in [-0.39, 0.29) is 6.04 Å². The standard InChI is InChI=1S/C32H46N4/c1-7-9-10-11-19-35-20-16-32(17-21-35)18-22-36(24-32)29-13-14-30(28(8-2)23-29)27(5)34(6)31-15-12-25(3)33-26(31)4/h7-8,13-14,23,31,33H,1-5,9-12,15-22,24H2,6H3. The highest BCUT2D eigenvalue weighted by Gasteiger charge is 2.40. The Morgan fingerprint density at radius 1 is 1.14 bits per heavy atom. The fourth-order valence-corrected chi connectivity index (χ4v) is 6.28. The summed E-state index contributed by atoms with van der Waals surface area (Å²) in [5.41, 5.74) is 7.14. The summed E-state index contributed by atoms with van der Waals surface area (Å²) in [7, 11) is 2.12. The molecule has 0 bridgehead atoms. The SMILES string of the molecule is C=CCCCCN1CCC2(CC1)CCN(c1ccc(C(=C)N(C)C3CCC(=C)NC3=C)c(C=C)c1)C2. The van der Waals surface area contributed by atoms with Crippen molar-refractivity contribution in [3.05, 3.63) is 79.7 Å². The lowest BCUT2D eigenvalue weighted by Crippen LogP contribution is -2.42. The Labute approximate surface area is 219 Å². The van der Waals surface area contributed by atoms with Crippen LogP contribution in [0.1, 0.15) is 62.5 Å². The summed E-state index contributed by atoms with van der Waals surface area (Å²) in [5, 5.41) is 3.33. The number of likely N-dealkylation sites (N-methyl/N-ethyl adjacent to an activating group) is 1. The van der Waals surface area contributed by atoms with Gasteiger partial charge in [-0.3, -0.25) is 0 Å². The first-order valence-electron chi connectivity index (χ1n) is 13.8. The fourth-order valence-electron chi connectivity index (χ4n) is 6.28. The second-order valence-corrected chi connectivity index (χ2v) is 11.1. The molecule has 0 saturated carbocycles. The van der Waals surface area contributed by atoms with Crippen molar-refractivity contribution in [2.24, 2.45) is 5.41 Å². The van der Waals surface area contributed by atoms with Crippen LogP contribution in [0, 0.1) is 5.41 Å². The molecule has 0 aromatic heterocycles. The van der Waals surface area contributed by atoms with Gasteiger partial charge in [-0.05, 0) is 94.1 Å². The number of hydrogen-bond acceptors (Lipinski definition) is 4. The highest BCUT2D eigenvalue weighted by atomic mass is 15.2. The third-order valence-electron chi connectivity index (χ3n) is 8.77. The monoisotopic (exact) mass is 486 g/mol. The molecule has 36 heavy (non-hydrogen) atoms. The zero-order chi connectivity index (χ0) is 25.7. The molecule has 3 heterocycles. The zero-order valence-corrected chi connectivity index (χ0v) is 22.5. The summed E-state index contributed by atoms with van der Waals surface area (Å²) in [4.78, 5) is 7.53. The van der Waals surface area contributed by atoms with Gasteiger partial charge in [-0.15, -0.1) is 6.58 Å². The summed E-state index contributed by atoms with van der Waals surface area (Å²) in [6, 6.07) is 7.04. The maximum Gasteiger partial charge on any atom is 0.0686 e. The van der Waals surface area contributed by atoms with Crippen molar-refractivity contribution in [3.8, 4) is 0 Å². The van der Waals surface area contributed by atoms with Gasteiger partial charge in [0.2, 0.25) is 0 Å². The van der Waals surface area contributed by atoms with Crippen molar-refractivity contribution in [1.29, 1.82) is 0 Å². The van der Waals surface area contributed by atoms with E-state index < -0.39 is 0 Å². The van der Waals surface area contributed by atoms with Crippen molar-refractivity contribution < 1.29 is 0 Å². The van der Waals surface area contributed by atoms with Crippen molar-refractivity contribution in [2.75, 3.05) is 44.7 Å². The van der Waals surface area contributed by atoms with E-state index in [9.17, 15) is 0 Å².